The molecule has 6 nitrogen and oxygen atoms in total. The van der Waals surface area contributed by atoms with Gasteiger partial charge in [0.15, 0.2) is 0 Å². The number of hydrogen-bond donors (Lipinski definition) is 1. The first-order chi connectivity index (χ1) is 16.7. The van der Waals surface area contributed by atoms with Gasteiger partial charge in [-0.25, -0.2) is 4.68 Å². The quantitative estimate of drug-likeness (QED) is 0.342. The number of hydrogen-bond acceptors (Lipinski definition) is 4. The van der Waals surface area contributed by atoms with Gasteiger partial charge in [-0.3, -0.25) is 4.79 Å². The Morgan fingerprint density at radius 2 is 1.80 bits per heavy atom. The topological polar surface area (TPSA) is 65.4 Å². The first-order valence-electron chi connectivity index (χ1n) is 10.6. The SMILES string of the molecule is COc1cccc([C@H](Oc2ccc3c(cnn3-c3ccc(Cl)cc3)c2)[C@H](C)NC(=O)C(F)(F)F)c1. The van der Waals surface area contributed by atoms with Gasteiger partial charge in [0.2, 0.25) is 0 Å². The van der Waals surface area contributed by atoms with Crippen LogP contribution in [0.15, 0.2) is 72.9 Å². The van der Waals surface area contributed by atoms with Gasteiger partial charge in [-0.05, 0) is 67.1 Å². The molecule has 0 fully saturated rings. The minimum Gasteiger partial charge on any atom is -0.497 e. The highest BCUT2D eigenvalue weighted by atomic mass is 35.5. The second-order valence-corrected chi connectivity index (χ2v) is 8.26. The average molecular weight is 504 g/mol. The van der Waals surface area contributed by atoms with Crippen molar-refractivity contribution in [3.05, 3.63) is 83.5 Å². The molecule has 182 valence electrons. The number of halogens is 4. The van der Waals surface area contributed by atoms with Crippen molar-refractivity contribution in [3.8, 4) is 17.2 Å². The van der Waals surface area contributed by atoms with E-state index in [0.29, 0.717) is 22.1 Å². The van der Waals surface area contributed by atoms with Crippen LogP contribution in [-0.2, 0) is 4.79 Å². The van der Waals surface area contributed by atoms with Gasteiger partial charge >= 0.3 is 12.1 Å². The summed E-state index contributed by atoms with van der Waals surface area (Å²) in [6, 6.07) is 18.2. The summed E-state index contributed by atoms with van der Waals surface area (Å²) in [5.74, 6) is -1.14. The maximum absolute atomic E-state index is 12.9. The highest BCUT2D eigenvalue weighted by molar-refractivity contribution is 6.30. The molecule has 0 bridgehead atoms. The Hall–Kier alpha value is -3.72. The van der Waals surface area contributed by atoms with Crippen molar-refractivity contribution >= 4 is 28.4 Å². The van der Waals surface area contributed by atoms with Crippen LogP contribution in [0.4, 0.5) is 13.2 Å². The molecule has 2 atom stereocenters. The molecule has 0 radical (unpaired) electrons. The van der Waals surface area contributed by atoms with E-state index in [1.54, 1.807) is 65.5 Å². The van der Waals surface area contributed by atoms with Crippen molar-refractivity contribution in [1.29, 1.82) is 0 Å². The third kappa shape index (κ3) is 5.51. The lowest BCUT2D eigenvalue weighted by Crippen LogP contribution is -2.45. The highest BCUT2D eigenvalue weighted by Crippen LogP contribution is 2.31. The molecule has 1 amide bonds. The fourth-order valence-corrected chi connectivity index (χ4v) is 3.79. The van der Waals surface area contributed by atoms with Crippen molar-refractivity contribution in [2.75, 3.05) is 7.11 Å². The van der Waals surface area contributed by atoms with Crippen LogP contribution in [0.25, 0.3) is 16.6 Å². The Labute approximate surface area is 204 Å². The molecule has 0 unspecified atom stereocenters. The predicted molar refractivity (Wildman–Crippen MR) is 126 cm³/mol. The van der Waals surface area contributed by atoms with Crippen LogP contribution >= 0.6 is 11.6 Å². The lowest BCUT2D eigenvalue weighted by molar-refractivity contribution is -0.174. The summed E-state index contributed by atoms with van der Waals surface area (Å²) in [6.07, 6.45) is -4.28. The second kappa shape index (κ2) is 9.87. The third-order valence-electron chi connectivity index (χ3n) is 5.37. The van der Waals surface area contributed by atoms with Crippen LogP contribution < -0.4 is 14.8 Å². The maximum atomic E-state index is 12.9. The van der Waals surface area contributed by atoms with Crippen LogP contribution in [0.1, 0.15) is 18.6 Å². The van der Waals surface area contributed by atoms with E-state index in [4.69, 9.17) is 21.1 Å². The van der Waals surface area contributed by atoms with Crippen molar-refractivity contribution in [2.24, 2.45) is 0 Å². The largest absolute Gasteiger partial charge is 0.497 e. The zero-order valence-electron chi connectivity index (χ0n) is 18.7. The molecule has 1 aromatic heterocycles. The van der Waals surface area contributed by atoms with Gasteiger partial charge in [0.25, 0.3) is 0 Å². The molecule has 0 saturated heterocycles. The molecule has 1 N–H and O–H groups in total. The van der Waals surface area contributed by atoms with E-state index < -0.39 is 24.2 Å². The first kappa shape index (κ1) is 24.4. The molecule has 10 heteroatoms. The normalized spacial score (nSPS) is 13.3. The van der Waals surface area contributed by atoms with E-state index in [9.17, 15) is 18.0 Å². The molecule has 0 spiro atoms. The summed E-state index contributed by atoms with van der Waals surface area (Å²) in [5, 5.41) is 7.77. The number of nitrogens with zero attached hydrogens (tertiary/aromatic N) is 2. The molecular formula is C25H21ClF3N3O3. The minimum absolute atomic E-state index is 0.397. The van der Waals surface area contributed by atoms with Gasteiger partial charge in [0.1, 0.15) is 17.6 Å². The monoisotopic (exact) mass is 503 g/mol. The Balaban J connectivity index is 1.65. The molecular weight excluding hydrogens is 483 g/mol. The van der Waals surface area contributed by atoms with Crippen molar-refractivity contribution < 1.29 is 27.4 Å². The predicted octanol–water partition coefficient (Wildman–Crippen LogP) is 5.87. The zero-order valence-corrected chi connectivity index (χ0v) is 19.5. The standard InChI is InChI=1S/C25H21ClF3N3O3/c1-15(31-24(33)25(27,28)29)23(16-4-3-5-20(12-16)34-2)35-21-10-11-22-17(13-21)14-30-32(22)19-8-6-18(26)7-9-19/h3-15,23H,1-2H3,(H,31,33)/t15-,23+/m0/s1. The lowest BCUT2D eigenvalue weighted by atomic mass is 10.0. The number of fused-ring (bicyclic) bond motifs is 1. The first-order valence-corrected chi connectivity index (χ1v) is 11.0. The second-order valence-electron chi connectivity index (χ2n) is 7.83. The molecule has 35 heavy (non-hydrogen) atoms. The molecule has 4 aromatic rings. The zero-order chi connectivity index (χ0) is 25.2. The van der Waals surface area contributed by atoms with Gasteiger partial charge in [-0.2, -0.15) is 18.3 Å². The summed E-state index contributed by atoms with van der Waals surface area (Å²) in [7, 11) is 1.48. The van der Waals surface area contributed by atoms with Crippen LogP contribution in [0.3, 0.4) is 0 Å². The molecule has 4 rings (SSSR count). The van der Waals surface area contributed by atoms with E-state index in [1.165, 1.54) is 14.0 Å². The van der Waals surface area contributed by atoms with Gasteiger partial charge in [-0.1, -0.05) is 23.7 Å². The van der Waals surface area contributed by atoms with E-state index in [2.05, 4.69) is 5.10 Å². The van der Waals surface area contributed by atoms with E-state index in [-0.39, 0.29) is 0 Å². The molecule has 3 aromatic carbocycles. The molecule has 0 aliphatic heterocycles. The third-order valence-corrected chi connectivity index (χ3v) is 5.62. The van der Waals surface area contributed by atoms with E-state index >= 15 is 0 Å². The number of carbonyl (C=O) groups is 1. The maximum Gasteiger partial charge on any atom is 0.471 e. The highest BCUT2D eigenvalue weighted by Gasteiger charge is 2.40. The van der Waals surface area contributed by atoms with Crippen LogP contribution in [0, 0.1) is 0 Å². The van der Waals surface area contributed by atoms with Crippen molar-refractivity contribution in [3.63, 3.8) is 0 Å². The van der Waals surface area contributed by atoms with Crippen LogP contribution in [0.5, 0.6) is 11.5 Å². The fourth-order valence-electron chi connectivity index (χ4n) is 3.66. The van der Waals surface area contributed by atoms with Crippen molar-refractivity contribution in [1.82, 2.24) is 15.1 Å². The molecule has 0 aliphatic carbocycles. The van der Waals surface area contributed by atoms with Gasteiger partial charge in [-0.15, -0.1) is 0 Å². The van der Waals surface area contributed by atoms with Crippen LogP contribution in [-0.4, -0.2) is 35.0 Å². The number of methoxy groups -OCH3 is 1. The summed E-state index contributed by atoms with van der Waals surface area (Å²) in [6.45, 7) is 1.45. The number of benzene rings is 3. The Kier molecular flexibility index (Phi) is 6.88. The summed E-state index contributed by atoms with van der Waals surface area (Å²) < 4.78 is 51.7. The van der Waals surface area contributed by atoms with Gasteiger partial charge in [0, 0.05) is 10.4 Å². The average Bonchev–Trinajstić information content (AvgIpc) is 3.25. The molecule has 1 heterocycles. The Morgan fingerprint density at radius 1 is 1.06 bits per heavy atom. The number of carbonyl (C=O) groups excluding carboxylic acids is 1. The number of rotatable bonds is 7. The Bertz CT molecular complexity index is 1340. The fraction of sp³-hybridized carbons (Fsp3) is 0.200. The summed E-state index contributed by atoms with van der Waals surface area (Å²) in [5.41, 5.74) is 2.16. The van der Waals surface area contributed by atoms with Gasteiger partial charge < -0.3 is 14.8 Å². The smallest absolute Gasteiger partial charge is 0.471 e. The number of amides is 1. The lowest BCUT2D eigenvalue weighted by Gasteiger charge is -2.27. The van der Waals surface area contributed by atoms with Gasteiger partial charge in [0.05, 0.1) is 30.6 Å². The number of nitrogens with one attached hydrogen (secondary N) is 1. The number of ether oxygens (including phenoxy) is 2. The Morgan fingerprint density at radius 3 is 2.49 bits per heavy atom. The van der Waals surface area contributed by atoms with E-state index in [0.717, 1.165) is 16.6 Å². The van der Waals surface area contributed by atoms with E-state index in [1.807, 2.05) is 17.4 Å². The summed E-state index contributed by atoms with van der Waals surface area (Å²) in [4.78, 5) is 11.6. The minimum atomic E-state index is -5.01. The number of alkyl halides is 3. The molecule has 0 aliphatic rings. The van der Waals surface area contributed by atoms with Crippen LogP contribution in [0.2, 0.25) is 5.02 Å². The molecule has 0 saturated carbocycles. The number of aromatic nitrogens is 2. The van der Waals surface area contributed by atoms with Crippen molar-refractivity contribution in [2.45, 2.75) is 25.2 Å². The summed E-state index contributed by atoms with van der Waals surface area (Å²) >= 11 is 5.97.